The summed E-state index contributed by atoms with van der Waals surface area (Å²) in [6.45, 7) is 7.18. The number of rotatable bonds is 7. The van der Waals surface area contributed by atoms with E-state index in [1.165, 1.54) is 10.4 Å². The van der Waals surface area contributed by atoms with E-state index in [2.05, 4.69) is 19.2 Å². The van der Waals surface area contributed by atoms with E-state index in [9.17, 15) is 13.2 Å². The molecule has 2 aromatic rings. The van der Waals surface area contributed by atoms with Gasteiger partial charge in [-0.1, -0.05) is 56.7 Å². The van der Waals surface area contributed by atoms with Gasteiger partial charge in [0.05, 0.1) is 10.9 Å². The highest BCUT2D eigenvalue weighted by atomic mass is 32.2. The lowest BCUT2D eigenvalue weighted by molar-refractivity contribution is 0.0931. The zero-order chi connectivity index (χ0) is 21.7. The van der Waals surface area contributed by atoms with Crippen LogP contribution in [-0.4, -0.2) is 31.7 Å². The molecule has 1 atom stereocenters. The number of carbonyl (C=O) groups excluding carboxylic acids is 1. The molecule has 0 aromatic heterocycles. The van der Waals surface area contributed by atoms with Crippen LogP contribution in [0.25, 0.3) is 0 Å². The highest BCUT2D eigenvalue weighted by Crippen LogP contribution is 2.25. The number of nitrogens with zero attached hydrogens (tertiary/aromatic N) is 1. The normalized spacial score (nSPS) is 16.4. The van der Waals surface area contributed by atoms with Crippen LogP contribution >= 0.6 is 0 Å². The molecule has 162 valence electrons. The van der Waals surface area contributed by atoms with Crippen LogP contribution in [0, 0.1) is 12.8 Å². The molecule has 0 aliphatic carbocycles. The standard InChI is InChI=1S/C24H32N2O3S/c1-18(2)16-23(20-10-6-4-7-11-20)25-24(27)22-17-21(13-12-19(22)3)30(28,29)26-14-8-5-9-15-26/h4,6-7,10-13,17-18,23H,5,8-9,14-16H2,1-3H3,(H,25,27)/t23-/m1/s1. The predicted octanol–water partition coefficient (Wildman–Crippen LogP) is 4.69. The van der Waals surface area contributed by atoms with E-state index < -0.39 is 10.0 Å². The van der Waals surface area contributed by atoms with E-state index in [0.29, 0.717) is 24.6 Å². The lowest BCUT2D eigenvalue weighted by atomic mass is 9.96. The van der Waals surface area contributed by atoms with Crippen molar-refractivity contribution in [3.8, 4) is 0 Å². The van der Waals surface area contributed by atoms with Gasteiger partial charge in [0.1, 0.15) is 0 Å². The van der Waals surface area contributed by atoms with Gasteiger partial charge in [-0.05, 0) is 55.4 Å². The quantitative estimate of drug-likeness (QED) is 0.696. The summed E-state index contributed by atoms with van der Waals surface area (Å²) in [7, 11) is -3.58. The Kier molecular flexibility index (Phi) is 7.32. The van der Waals surface area contributed by atoms with E-state index in [1.807, 2.05) is 37.3 Å². The monoisotopic (exact) mass is 428 g/mol. The minimum absolute atomic E-state index is 0.125. The van der Waals surface area contributed by atoms with E-state index in [0.717, 1.165) is 36.8 Å². The summed E-state index contributed by atoms with van der Waals surface area (Å²) in [6, 6.07) is 14.7. The van der Waals surface area contributed by atoms with Crippen LogP contribution in [-0.2, 0) is 10.0 Å². The SMILES string of the molecule is Cc1ccc(S(=O)(=O)N2CCCCC2)cc1C(=O)N[C@H](CC(C)C)c1ccccc1. The molecule has 1 amide bonds. The van der Waals surface area contributed by atoms with E-state index in [-0.39, 0.29) is 16.8 Å². The molecular formula is C24H32N2O3S. The van der Waals surface area contributed by atoms with Gasteiger partial charge < -0.3 is 5.32 Å². The molecule has 6 heteroatoms. The third kappa shape index (κ3) is 5.29. The molecule has 5 nitrogen and oxygen atoms in total. The van der Waals surface area contributed by atoms with Gasteiger partial charge in [0.15, 0.2) is 0 Å². The number of carbonyl (C=O) groups is 1. The summed E-state index contributed by atoms with van der Waals surface area (Å²) in [4.78, 5) is 13.4. The van der Waals surface area contributed by atoms with Crippen LogP contribution in [0.5, 0.6) is 0 Å². The highest BCUT2D eigenvalue weighted by molar-refractivity contribution is 7.89. The van der Waals surface area contributed by atoms with Crippen LogP contribution < -0.4 is 5.32 Å². The Morgan fingerprint density at radius 2 is 1.70 bits per heavy atom. The Morgan fingerprint density at radius 1 is 1.03 bits per heavy atom. The fourth-order valence-electron chi connectivity index (χ4n) is 3.93. The van der Waals surface area contributed by atoms with Crippen molar-refractivity contribution < 1.29 is 13.2 Å². The van der Waals surface area contributed by atoms with E-state index in [1.54, 1.807) is 12.1 Å². The number of aryl methyl sites for hydroxylation is 1. The number of piperidine rings is 1. The van der Waals surface area contributed by atoms with Gasteiger partial charge in [0, 0.05) is 18.7 Å². The third-order valence-corrected chi connectivity index (χ3v) is 7.52. The molecule has 0 bridgehead atoms. The van der Waals surface area contributed by atoms with Gasteiger partial charge in [0.25, 0.3) is 5.91 Å². The van der Waals surface area contributed by atoms with E-state index in [4.69, 9.17) is 0 Å². The molecule has 0 spiro atoms. The maximum atomic E-state index is 13.2. The summed E-state index contributed by atoms with van der Waals surface area (Å²) in [5.41, 5.74) is 2.23. The first-order chi connectivity index (χ1) is 14.3. The topological polar surface area (TPSA) is 66.5 Å². The van der Waals surface area contributed by atoms with Crippen LogP contribution in [0.2, 0.25) is 0 Å². The molecule has 30 heavy (non-hydrogen) atoms. The zero-order valence-corrected chi connectivity index (χ0v) is 18.9. The van der Waals surface area contributed by atoms with Crippen molar-refractivity contribution in [2.45, 2.75) is 57.4 Å². The van der Waals surface area contributed by atoms with Crippen molar-refractivity contribution in [1.29, 1.82) is 0 Å². The second-order valence-corrected chi connectivity index (χ2v) is 10.4. The molecule has 0 saturated carbocycles. The number of benzene rings is 2. The first-order valence-electron chi connectivity index (χ1n) is 10.8. The maximum Gasteiger partial charge on any atom is 0.252 e. The average molecular weight is 429 g/mol. The maximum absolute atomic E-state index is 13.2. The van der Waals surface area contributed by atoms with Crippen molar-refractivity contribution in [2.24, 2.45) is 5.92 Å². The van der Waals surface area contributed by atoms with Gasteiger partial charge in [-0.3, -0.25) is 4.79 Å². The van der Waals surface area contributed by atoms with Crippen molar-refractivity contribution in [1.82, 2.24) is 9.62 Å². The number of sulfonamides is 1. The van der Waals surface area contributed by atoms with Crippen LogP contribution in [0.15, 0.2) is 53.4 Å². The third-order valence-electron chi connectivity index (χ3n) is 5.62. The highest BCUT2D eigenvalue weighted by Gasteiger charge is 2.27. The fourth-order valence-corrected chi connectivity index (χ4v) is 5.48. The van der Waals surface area contributed by atoms with Gasteiger partial charge in [-0.25, -0.2) is 8.42 Å². The van der Waals surface area contributed by atoms with Crippen LogP contribution in [0.4, 0.5) is 0 Å². The molecule has 3 rings (SSSR count). The smallest absolute Gasteiger partial charge is 0.252 e. The summed E-state index contributed by atoms with van der Waals surface area (Å²) >= 11 is 0. The summed E-state index contributed by atoms with van der Waals surface area (Å²) in [5.74, 6) is 0.167. The Hall–Kier alpha value is -2.18. The van der Waals surface area contributed by atoms with Crippen molar-refractivity contribution in [3.05, 3.63) is 65.2 Å². The molecule has 1 N–H and O–H groups in total. The van der Waals surface area contributed by atoms with Crippen molar-refractivity contribution in [2.75, 3.05) is 13.1 Å². The minimum atomic E-state index is -3.58. The molecule has 0 radical (unpaired) electrons. The number of amides is 1. The largest absolute Gasteiger partial charge is 0.345 e. The predicted molar refractivity (Wildman–Crippen MR) is 120 cm³/mol. The molecule has 1 aliphatic rings. The second kappa shape index (κ2) is 9.75. The zero-order valence-electron chi connectivity index (χ0n) is 18.1. The molecule has 1 heterocycles. The summed E-state index contributed by atoms with van der Waals surface area (Å²) in [6.07, 6.45) is 3.63. The molecule has 0 unspecified atom stereocenters. The fraction of sp³-hybridized carbons (Fsp3) is 0.458. The van der Waals surface area contributed by atoms with Crippen LogP contribution in [0.3, 0.4) is 0 Å². The molecule has 1 saturated heterocycles. The lowest BCUT2D eigenvalue weighted by Crippen LogP contribution is -2.36. The minimum Gasteiger partial charge on any atom is -0.345 e. The summed E-state index contributed by atoms with van der Waals surface area (Å²) < 4.78 is 27.6. The first-order valence-corrected chi connectivity index (χ1v) is 12.2. The number of nitrogens with one attached hydrogen (secondary N) is 1. The molecule has 1 fully saturated rings. The van der Waals surface area contributed by atoms with Crippen molar-refractivity contribution >= 4 is 15.9 Å². The van der Waals surface area contributed by atoms with Gasteiger partial charge >= 0.3 is 0 Å². The van der Waals surface area contributed by atoms with Gasteiger partial charge in [-0.15, -0.1) is 0 Å². The number of hydrogen-bond donors (Lipinski definition) is 1. The molecule has 1 aliphatic heterocycles. The molecular weight excluding hydrogens is 396 g/mol. The average Bonchev–Trinajstić information content (AvgIpc) is 2.74. The van der Waals surface area contributed by atoms with Gasteiger partial charge in [-0.2, -0.15) is 4.31 Å². The molecule has 2 aromatic carbocycles. The van der Waals surface area contributed by atoms with Crippen LogP contribution in [0.1, 0.15) is 67.1 Å². The van der Waals surface area contributed by atoms with E-state index >= 15 is 0 Å². The Morgan fingerprint density at radius 3 is 2.33 bits per heavy atom. The Balaban J connectivity index is 1.87. The van der Waals surface area contributed by atoms with Gasteiger partial charge in [0.2, 0.25) is 10.0 Å². The number of hydrogen-bond acceptors (Lipinski definition) is 3. The summed E-state index contributed by atoms with van der Waals surface area (Å²) in [5, 5.41) is 3.13. The first kappa shape index (κ1) is 22.5. The second-order valence-electron chi connectivity index (χ2n) is 8.51. The lowest BCUT2D eigenvalue weighted by Gasteiger charge is -2.26. The Labute approximate surface area is 180 Å². The Bertz CT molecular complexity index is 965. The van der Waals surface area contributed by atoms with Crippen molar-refractivity contribution in [3.63, 3.8) is 0 Å².